The smallest absolute Gasteiger partial charge is 0.256 e. The standard InChI is InChI=1S/C21H16Cl2N4O3/c1-29-21-19(30-7-6-27-5-3-2-4-20(27)28)9-15(11-26-21)14(10-24)8-16-17(22)12-25-13-18(16)23/h2-5,8-9,11-13H,6-7H2,1H3. The molecule has 3 rings (SSSR count). The van der Waals surface area contributed by atoms with Gasteiger partial charge in [-0.2, -0.15) is 5.26 Å². The van der Waals surface area contributed by atoms with E-state index in [0.29, 0.717) is 33.5 Å². The second-order valence-electron chi connectivity index (χ2n) is 6.00. The van der Waals surface area contributed by atoms with Crippen LogP contribution in [-0.2, 0) is 6.54 Å². The van der Waals surface area contributed by atoms with Crippen molar-refractivity contribution in [1.82, 2.24) is 14.5 Å². The van der Waals surface area contributed by atoms with Gasteiger partial charge in [-0.1, -0.05) is 29.3 Å². The lowest BCUT2D eigenvalue weighted by Crippen LogP contribution is -2.21. The molecular weight excluding hydrogens is 427 g/mol. The van der Waals surface area contributed by atoms with Gasteiger partial charge in [-0.3, -0.25) is 9.78 Å². The number of hydrogen-bond acceptors (Lipinski definition) is 6. The number of hydrogen-bond donors (Lipinski definition) is 0. The Bertz CT molecular complexity index is 1170. The number of nitrogens with zero attached hydrogens (tertiary/aromatic N) is 4. The molecule has 7 nitrogen and oxygen atoms in total. The van der Waals surface area contributed by atoms with Crippen molar-refractivity contribution < 1.29 is 9.47 Å². The van der Waals surface area contributed by atoms with Gasteiger partial charge in [0.25, 0.3) is 11.4 Å². The van der Waals surface area contributed by atoms with Crippen molar-refractivity contribution in [3.05, 3.63) is 80.6 Å². The first-order chi connectivity index (χ1) is 14.5. The van der Waals surface area contributed by atoms with Crippen LogP contribution >= 0.6 is 23.2 Å². The van der Waals surface area contributed by atoms with E-state index in [1.54, 1.807) is 30.5 Å². The summed E-state index contributed by atoms with van der Waals surface area (Å²) in [5, 5.41) is 10.3. The molecule has 0 unspecified atom stereocenters. The van der Waals surface area contributed by atoms with E-state index in [4.69, 9.17) is 32.7 Å². The highest BCUT2D eigenvalue weighted by molar-refractivity contribution is 6.37. The van der Waals surface area contributed by atoms with Gasteiger partial charge >= 0.3 is 0 Å². The van der Waals surface area contributed by atoms with E-state index in [0.717, 1.165) is 0 Å². The molecule has 152 valence electrons. The molecule has 0 aliphatic heterocycles. The third-order valence-corrected chi connectivity index (χ3v) is 4.71. The second-order valence-corrected chi connectivity index (χ2v) is 6.81. The zero-order chi connectivity index (χ0) is 21.5. The fourth-order valence-electron chi connectivity index (χ4n) is 2.62. The monoisotopic (exact) mass is 442 g/mol. The predicted molar refractivity (Wildman–Crippen MR) is 115 cm³/mol. The summed E-state index contributed by atoms with van der Waals surface area (Å²) in [6, 6.07) is 8.67. The topological polar surface area (TPSA) is 90.0 Å². The number of methoxy groups -OCH3 is 1. The summed E-state index contributed by atoms with van der Waals surface area (Å²) in [5.74, 6) is 0.600. The summed E-state index contributed by atoms with van der Waals surface area (Å²) >= 11 is 12.3. The zero-order valence-corrected chi connectivity index (χ0v) is 17.4. The lowest BCUT2D eigenvalue weighted by atomic mass is 10.1. The Hall–Kier alpha value is -3.34. The van der Waals surface area contributed by atoms with Crippen LogP contribution in [0.25, 0.3) is 11.6 Å². The highest BCUT2D eigenvalue weighted by Gasteiger charge is 2.13. The SMILES string of the molecule is COc1ncc(C(C#N)=Cc2c(Cl)cncc2Cl)cc1OCCn1ccccc1=O. The van der Waals surface area contributed by atoms with Crippen LogP contribution in [0.15, 0.2) is 53.8 Å². The lowest BCUT2D eigenvalue weighted by Gasteiger charge is -2.12. The van der Waals surface area contributed by atoms with Crippen LogP contribution in [0.5, 0.6) is 11.6 Å². The van der Waals surface area contributed by atoms with Crippen LogP contribution in [0, 0.1) is 11.3 Å². The summed E-state index contributed by atoms with van der Waals surface area (Å²) in [6.07, 6.45) is 7.62. The summed E-state index contributed by atoms with van der Waals surface area (Å²) in [5.41, 5.74) is 1.13. The van der Waals surface area contributed by atoms with Gasteiger partial charge in [-0.25, -0.2) is 4.98 Å². The van der Waals surface area contributed by atoms with Gasteiger partial charge in [0.1, 0.15) is 6.61 Å². The van der Waals surface area contributed by atoms with Crippen molar-refractivity contribution in [3.8, 4) is 17.7 Å². The van der Waals surface area contributed by atoms with Crippen LogP contribution in [-0.4, -0.2) is 28.3 Å². The van der Waals surface area contributed by atoms with Crippen molar-refractivity contribution in [2.24, 2.45) is 0 Å². The Kier molecular flexibility index (Phi) is 7.07. The van der Waals surface area contributed by atoms with E-state index in [1.807, 2.05) is 0 Å². The second kappa shape index (κ2) is 9.92. The molecule has 0 saturated carbocycles. The van der Waals surface area contributed by atoms with Crippen LogP contribution in [0.3, 0.4) is 0 Å². The Balaban J connectivity index is 1.87. The molecule has 9 heteroatoms. The molecule has 0 aliphatic carbocycles. The van der Waals surface area contributed by atoms with Crippen LogP contribution in [0.4, 0.5) is 0 Å². The maximum Gasteiger partial charge on any atom is 0.256 e. The fraction of sp³-hybridized carbons (Fsp3) is 0.143. The van der Waals surface area contributed by atoms with E-state index in [2.05, 4.69) is 16.0 Å². The molecule has 0 N–H and O–H groups in total. The van der Waals surface area contributed by atoms with Crippen molar-refractivity contribution >= 4 is 34.9 Å². The number of aromatic nitrogens is 3. The van der Waals surface area contributed by atoms with E-state index >= 15 is 0 Å². The average molecular weight is 443 g/mol. The maximum atomic E-state index is 11.8. The van der Waals surface area contributed by atoms with Crippen LogP contribution < -0.4 is 15.0 Å². The molecule has 0 bridgehead atoms. The van der Waals surface area contributed by atoms with Gasteiger partial charge in [-0.15, -0.1) is 0 Å². The summed E-state index contributed by atoms with van der Waals surface area (Å²) in [7, 11) is 1.47. The van der Waals surface area contributed by atoms with Crippen molar-refractivity contribution in [3.63, 3.8) is 0 Å². The Morgan fingerprint density at radius 1 is 1.27 bits per heavy atom. The Morgan fingerprint density at radius 3 is 2.70 bits per heavy atom. The molecule has 3 aromatic rings. The number of ether oxygens (including phenoxy) is 2. The van der Waals surface area contributed by atoms with Crippen LogP contribution in [0.1, 0.15) is 11.1 Å². The zero-order valence-electron chi connectivity index (χ0n) is 15.9. The summed E-state index contributed by atoms with van der Waals surface area (Å²) in [6.45, 7) is 0.551. The maximum absolute atomic E-state index is 11.8. The minimum atomic E-state index is -0.124. The molecule has 0 saturated heterocycles. The number of halogens is 2. The molecule has 3 heterocycles. The molecular formula is C21H16Cl2N4O3. The normalized spacial score (nSPS) is 11.1. The predicted octanol–water partition coefficient (Wildman–Crippen LogP) is 4.10. The highest BCUT2D eigenvalue weighted by Crippen LogP contribution is 2.31. The molecule has 0 amide bonds. The van der Waals surface area contributed by atoms with Crippen LogP contribution in [0.2, 0.25) is 10.0 Å². The van der Waals surface area contributed by atoms with Gasteiger partial charge in [0.2, 0.25) is 0 Å². The van der Waals surface area contributed by atoms with Crippen molar-refractivity contribution in [2.45, 2.75) is 6.54 Å². The molecule has 0 fully saturated rings. The molecule has 0 radical (unpaired) electrons. The average Bonchev–Trinajstić information content (AvgIpc) is 2.75. The molecule has 0 atom stereocenters. The molecule has 3 aromatic heterocycles. The minimum Gasteiger partial charge on any atom is -0.486 e. The first-order valence-corrected chi connectivity index (χ1v) is 9.52. The molecule has 0 spiro atoms. The van der Waals surface area contributed by atoms with Gasteiger partial charge in [0.15, 0.2) is 5.75 Å². The van der Waals surface area contributed by atoms with E-state index < -0.39 is 0 Å². The van der Waals surface area contributed by atoms with Gasteiger partial charge in [0, 0.05) is 42.0 Å². The fourth-order valence-corrected chi connectivity index (χ4v) is 3.09. The molecule has 0 aliphatic rings. The number of rotatable bonds is 7. The third-order valence-electron chi connectivity index (χ3n) is 4.11. The van der Waals surface area contributed by atoms with E-state index in [9.17, 15) is 10.1 Å². The van der Waals surface area contributed by atoms with Crippen molar-refractivity contribution in [1.29, 1.82) is 5.26 Å². The van der Waals surface area contributed by atoms with Crippen molar-refractivity contribution in [2.75, 3.05) is 13.7 Å². The first-order valence-electron chi connectivity index (χ1n) is 8.77. The highest BCUT2D eigenvalue weighted by atomic mass is 35.5. The largest absolute Gasteiger partial charge is 0.486 e. The molecule has 0 aromatic carbocycles. The third kappa shape index (κ3) is 4.98. The first kappa shape index (κ1) is 21.4. The van der Waals surface area contributed by atoms with Gasteiger partial charge in [0.05, 0.1) is 35.3 Å². The molecule has 30 heavy (non-hydrogen) atoms. The number of allylic oxidation sites excluding steroid dienone is 1. The Labute approximate surface area is 182 Å². The summed E-state index contributed by atoms with van der Waals surface area (Å²) in [4.78, 5) is 19.9. The van der Waals surface area contributed by atoms with E-state index in [1.165, 1.54) is 36.3 Å². The lowest BCUT2D eigenvalue weighted by molar-refractivity contribution is 0.273. The minimum absolute atomic E-state index is 0.124. The summed E-state index contributed by atoms with van der Waals surface area (Å²) < 4.78 is 12.5. The number of pyridine rings is 3. The number of nitriles is 1. The van der Waals surface area contributed by atoms with Gasteiger partial charge in [-0.05, 0) is 18.2 Å². The quantitative estimate of drug-likeness (QED) is 0.511. The Morgan fingerprint density at radius 2 is 2.03 bits per heavy atom. The van der Waals surface area contributed by atoms with E-state index in [-0.39, 0.29) is 23.6 Å². The van der Waals surface area contributed by atoms with Gasteiger partial charge < -0.3 is 14.0 Å².